The zero-order chi connectivity index (χ0) is 46.1. The van der Waals surface area contributed by atoms with E-state index in [9.17, 15) is 24.3 Å². The van der Waals surface area contributed by atoms with Crippen LogP contribution in [0.1, 0.15) is 75.1 Å². The lowest BCUT2D eigenvalue weighted by atomic mass is 9.90. The van der Waals surface area contributed by atoms with E-state index in [1.807, 2.05) is 58.3 Å². The SMILES string of the molecule is COC(=O)N[C@H](C(=O)N1[C@@H]2CC2C[C@H]1c1nc(-c2ccc(-c3ccc4nc(-c5nc([C@@H]6CC7C[C@H]7N6C(=O)[C@@H](NC(=O)O)C6CCOCC6)[nH]c5Cl)ccc4c3)cc2)c(Cl)[nH]1)C1CCOCC1. The van der Waals surface area contributed by atoms with Gasteiger partial charge in [0.05, 0.1) is 30.4 Å². The number of alkyl carbamates (subject to hydrolysis) is 1. The topological polar surface area (TPSA) is 217 Å². The molecule has 11 rings (SSSR count). The van der Waals surface area contributed by atoms with E-state index >= 15 is 0 Å². The molecule has 17 nitrogen and oxygen atoms in total. The predicted molar refractivity (Wildman–Crippen MR) is 246 cm³/mol. The maximum Gasteiger partial charge on any atom is 0.407 e. The molecule has 6 aliphatic rings. The quantitative estimate of drug-likeness (QED) is 0.0872. The molecule has 2 aliphatic carbocycles. The van der Waals surface area contributed by atoms with Crippen LogP contribution >= 0.6 is 23.2 Å². The number of nitrogens with one attached hydrogen (secondary N) is 4. The van der Waals surface area contributed by atoms with Gasteiger partial charge in [-0.2, -0.15) is 0 Å². The molecule has 2 saturated carbocycles. The molecule has 0 spiro atoms. The van der Waals surface area contributed by atoms with E-state index < -0.39 is 24.3 Å². The van der Waals surface area contributed by atoms with Crippen molar-refractivity contribution in [3.8, 4) is 33.8 Å². The molecular weight excluding hydrogens is 901 g/mol. The largest absolute Gasteiger partial charge is 0.465 e. The summed E-state index contributed by atoms with van der Waals surface area (Å²) in [6, 6.07) is 15.8. The highest BCUT2D eigenvalue weighted by atomic mass is 35.5. The lowest BCUT2D eigenvalue weighted by molar-refractivity contribution is -0.138. The van der Waals surface area contributed by atoms with Gasteiger partial charge in [-0.3, -0.25) is 9.59 Å². The lowest BCUT2D eigenvalue weighted by Gasteiger charge is -2.35. The van der Waals surface area contributed by atoms with Crippen LogP contribution in [0.4, 0.5) is 9.59 Å². The number of pyridine rings is 1. The Balaban J connectivity index is 0.790. The number of hydrogen-bond acceptors (Lipinski definition) is 10. The number of likely N-dealkylation sites (tertiary alicyclic amines) is 2. The predicted octanol–water partition coefficient (Wildman–Crippen LogP) is 7.53. The van der Waals surface area contributed by atoms with Gasteiger partial charge in [0.15, 0.2) is 0 Å². The number of carbonyl (C=O) groups excluding carboxylic acids is 3. The number of nitrogens with zero attached hydrogens (tertiary/aromatic N) is 5. The van der Waals surface area contributed by atoms with E-state index in [0.717, 1.165) is 53.3 Å². The van der Waals surface area contributed by atoms with E-state index in [1.165, 1.54) is 7.11 Å². The van der Waals surface area contributed by atoms with Crippen LogP contribution in [0.25, 0.3) is 44.7 Å². The first-order chi connectivity index (χ1) is 32.5. The van der Waals surface area contributed by atoms with Crippen molar-refractivity contribution in [2.75, 3.05) is 33.5 Å². The van der Waals surface area contributed by atoms with Crippen LogP contribution in [-0.4, -0.2) is 122 Å². The Morgan fingerprint density at radius 1 is 0.687 bits per heavy atom. The number of imidazole rings is 2. The van der Waals surface area contributed by atoms with E-state index in [1.54, 1.807) is 0 Å². The van der Waals surface area contributed by atoms with Gasteiger partial charge in [-0.05, 0) is 104 Å². The van der Waals surface area contributed by atoms with Crippen molar-refractivity contribution < 1.29 is 38.5 Å². The van der Waals surface area contributed by atoms with Crippen molar-refractivity contribution in [2.45, 2.75) is 87.6 Å². The van der Waals surface area contributed by atoms with Crippen LogP contribution in [0.3, 0.4) is 0 Å². The number of rotatable bonds is 11. The summed E-state index contributed by atoms with van der Waals surface area (Å²) in [5.41, 5.74) is 5.21. The van der Waals surface area contributed by atoms with Crippen LogP contribution in [0, 0.1) is 23.7 Å². The van der Waals surface area contributed by atoms with Gasteiger partial charge >= 0.3 is 12.2 Å². The minimum Gasteiger partial charge on any atom is -0.465 e. The Kier molecular flexibility index (Phi) is 11.6. The molecule has 0 bridgehead atoms. The number of benzene rings is 2. The van der Waals surface area contributed by atoms with E-state index in [0.29, 0.717) is 103 Å². The molecule has 4 amide bonds. The van der Waals surface area contributed by atoms with E-state index in [4.69, 9.17) is 52.4 Å². The standard InChI is InChI=1S/C48H51Cl2N9O8/c1-65-48(64)55-39(26-12-16-67-17-13-26)46(61)59-34-20-29(34)21-35(59)43-52-37(41(49)56-43)24-4-2-23(3-5-24)27-6-8-31-28(18-27)7-9-32(51-31)40-42(50)57-44(53-40)36-22-30-19-33(30)58(36)45(60)38(54-47(62)63)25-10-14-66-15-11-25/h2-9,18,25-26,29-30,33-36,38-39,54H,10-17,19-22H2,1H3,(H,52,56)(H,53,57)(H,55,64)(H,62,63)/t29?,30?,33-,34-,35+,36+,38+,39+/m1/s1. The van der Waals surface area contributed by atoms with Crippen LogP contribution < -0.4 is 10.6 Å². The number of H-pyrrole nitrogens is 2. The number of piperidine rings is 2. The summed E-state index contributed by atoms with van der Waals surface area (Å²) in [6.07, 6.45) is 4.00. The summed E-state index contributed by atoms with van der Waals surface area (Å²) in [4.78, 5) is 77.7. The molecule has 2 unspecified atom stereocenters. The number of aromatic nitrogens is 5. The van der Waals surface area contributed by atoms with Crippen molar-refractivity contribution in [2.24, 2.45) is 23.7 Å². The van der Waals surface area contributed by atoms with Gasteiger partial charge in [0.2, 0.25) is 11.8 Å². The monoisotopic (exact) mass is 951 g/mol. The molecule has 3 aromatic heterocycles. The Morgan fingerprint density at radius 2 is 1.21 bits per heavy atom. The highest BCUT2D eigenvalue weighted by molar-refractivity contribution is 6.32. The van der Waals surface area contributed by atoms with Crippen molar-refractivity contribution >= 4 is 58.1 Å². The minimum absolute atomic E-state index is 0.0424. The van der Waals surface area contributed by atoms with Gasteiger partial charge in [-0.25, -0.2) is 24.5 Å². The third-order valence-electron chi connectivity index (χ3n) is 14.9. The number of ether oxygens (including phenoxy) is 3. The molecule has 19 heteroatoms. The van der Waals surface area contributed by atoms with Crippen LogP contribution in [-0.2, 0) is 23.8 Å². The second kappa shape index (κ2) is 17.7. The molecule has 6 fully saturated rings. The van der Waals surface area contributed by atoms with Crippen molar-refractivity contribution in [3.63, 3.8) is 0 Å². The molecular formula is C48H51Cl2N9O8. The molecule has 4 saturated heterocycles. The summed E-state index contributed by atoms with van der Waals surface area (Å²) in [6.45, 7) is 2.06. The summed E-state index contributed by atoms with van der Waals surface area (Å²) < 4.78 is 16.0. The molecule has 7 heterocycles. The number of methoxy groups -OCH3 is 1. The number of halogens is 2. The number of aromatic amines is 2. The fourth-order valence-corrected chi connectivity index (χ4v) is 11.7. The van der Waals surface area contributed by atoms with Gasteiger partial charge in [-0.1, -0.05) is 59.6 Å². The smallest absolute Gasteiger partial charge is 0.407 e. The van der Waals surface area contributed by atoms with E-state index in [2.05, 4.69) is 26.7 Å². The number of fused-ring (bicyclic) bond motifs is 3. The minimum atomic E-state index is -1.22. The normalized spacial score (nSPS) is 25.6. The molecule has 0 radical (unpaired) electrons. The Morgan fingerprint density at radius 3 is 1.78 bits per heavy atom. The summed E-state index contributed by atoms with van der Waals surface area (Å²) >= 11 is 13.6. The fraction of sp³-hybridized carbons (Fsp3) is 0.479. The average molecular weight is 953 g/mol. The lowest BCUT2D eigenvalue weighted by Crippen LogP contribution is -2.54. The molecule has 8 atom stereocenters. The zero-order valence-electron chi connectivity index (χ0n) is 36.8. The van der Waals surface area contributed by atoms with Gasteiger partial charge in [0.1, 0.15) is 45.4 Å². The Hall–Kier alpha value is -5.75. The summed E-state index contributed by atoms with van der Waals surface area (Å²) in [5.74, 6) is 1.33. The summed E-state index contributed by atoms with van der Waals surface area (Å²) in [7, 11) is 1.30. The van der Waals surface area contributed by atoms with Crippen LogP contribution in [0.5, 0.6) is 0 Å². The molecule has 4 aliphatic heterocycles. The molecule has 5 aromatic rings. The molecule has 2 aromatic carbocycles. The van der Waals surface area contributed by atoms with Crippen molar-refractivity contribution in [1.29, 1.82) is 0 Å². The van der Waals surface area contributed by atoms with Crippen LogP contribution in [0.15, 0.2) is 54.6 Å². The first-order valence-corrected chi connectivity index (χ1v) is 23.9. The number of carboxylic acid groups (broad SMARTS) is 1. The Bertz CT molecular complexity index is 2740. The van der Waals surface area contributed by atoms with Crippen molar-refractivity contribution in [3.05, 3.63) is 76.6 Å². The molecule has 67 heavy (non-hydrogen) atoms. The van der Waals surface area contributed by atoms with Gasteiger partial charge in [0.25, 0.3) is 0 Å². The van der Waals surface area contributed by atoms with Crippen LogP contribution in [0.2, 0.25) is 10.3 Å². The first-order valence-electron chi connectivity index (χ1n) is 23.2. The highest BCUT2D eigenvalue weighted by Crippen LogP contribution is 2.55. The second-order valence-electron chi connectivity index (χ2n) is 18.8. The van der Waals surface area contributed by atoms with Gasteiger partial charge < -0.3 is 49.7 Å². The zero-order valence-corrected chi connectivity index (χ0v) is 38.3. The van der Waals surface area contributed by atoms with Gasteiger partial charge in [0, 0.05) is 49.5 Å². The third kappa shape index (κ3) is 8.37. The van der Waals surface area contributed by atoms with Gasteiger partial charge in [-0.15, -0.1) is 0 Å². The van der Waals surface area contributed by atoms with Crippen molar-refractivity contribution in [1.82, 2.24) is 45.4 Å². The number of hydrogen-bond donors (Lipinski definition) is 5. The second-order valence-corrected chi connectivity index (χ2v) is 19.6. The first kappa shape index (κ1) is 43.8. The number of amides is 4. The highest BCUT2D eigenvalue weighted by Gasteiger charge is 2.58. The molecule has 5 N–H and O–H groups in total. The Labute approximate surface area is 395 Å². The maximum absolute atomic E-state index is 14.3. The fourth-order valence-electron chi connectivity index (χ4n) is 11.2. The average Bonchev–Trinajstić information content (AvgIpc) is 4.06. The maximum atomic E-state index is 14.3. The summed E-state index contributed by atoms with van der Waals surface area (Å²) in [5, 5.41) is 16.6. The number of carbonyl (C=O) groups is 4. The van der Waals surface area contributed by atoms with E-state index in [-0.39, 0.29) is 47.8 Å². The third-order valence-corrected chi connectivity index (χ3v) is 15.4. The molecule has 350 valence electrons.